The quantitative estimate of drug-likeness (QED) is 0.565. The van der Waals surface area contributed by atoms with Gasteiger partial charge in [0.15, 0.2) is 0 Å². The molecule has 0 amide bonds. The summed E-state index contributed by atoms with van der Waals surface area (Å²) in [6.07, 6.45) is 2.43. The molecule has 0 saturated carbocycles. The lowest BCUT2D eigenvalue weighted by molar-refractivity contribution is 0.940. The summed E-state index contributed by atoms with van der Waals surface area (Å²) in [6.45, 7) is 2.05. The third-order valence-corrected chi connectivity index (χ3v) is 5.21. The Morgan fingerprint density at radius 1 is 1.17 bits per heavy atom. The standard InChI is InChI=1S/C16H13N5S2/c1-2-12-19-16(21-20-12)23-15-13-11(10-6-4-3-5-7-10)8-22-14(13)17-9-18-15/h3-9H,2H2,1H3,(H,19,20,21). The molecule has 3 aromatic heterocycles. The second-order valence-corrected chi connectivity index (χ2v) is 6.71. The van der Waals surface area contributed by atoms with Gasteiger partial charge in [-0.2, -0.15) is 0 Å². The molecule has 114 valence electrons. The molecule has 5 nitrogen and oxygen atoms in total. The number of thiophene rings is 1. The van der Waals surface area contributed by atoms with E-state index in [1.54, 1.807) is 17.7 Å². The summed E-state index contributed by atoms with van der Waals surface area (Å²) in [6, 6.07) is 10.3. The lowest BCUT2D eigenvalue weighted by Crippen LogP contribution is -1.87. The molecule has 3 heterocycles. The number of hydrogen-bond donors (Lipinski definition) is 1. The van der Waals surface area contributed by atoms with Crippen LogP contribution in [-0.4, -0.2) is 25.1 Å². The first kappa shape index (κ1) is 14.3. The Hall–Kier alpha value is -2.25. The number of aryl methyl sites for hydroxylation is 1. The van der Waals surface area contributed by atoms with Gasteiger partial charge in [-0.25, -0.2) is 15.0 Å². The molecule has 0 aliphatic heterocycles. The van der Waals surface area contributed by atoms with Gasteiger partial charge in [-0.15, -0.1) is 16.4 Å². The number of nitrogens with one attached hydrogen (secondary N) is 1. The van der Waals surface area contributed by atoms with Gasteiger partial charge in [-0.05, 0) is 17.3 Å². The van der Waals surface area contributed by atoms with Gasteiger partial charge in [0.2, 0.25) is 5.16 Å². The fraction of sp³-hybridized carbons (Fsp3) is 0.125. The van der Waals surface area contributed by atoms with Crippen LogP contribution in [0.4, 0.5) is 0 Å². The molecule has 0 unspecified atom stereocenters. The molecule has 0 atom stereocenters. The maximum absolute atomic E-state index is 4.46. The second-order valence-electron chi connectivity index (χ2n) is 4.89. The third-order valence-electron chi connectivity index (χ3n) is 3.45. The number of nitrogens with zero attached hydrogens (tertiary/aromatic N) is 4. The molecule has 0 saturated heterocycles. The molecule has 1 N–H and O–H groups in total. The van der Waals surface area contributed by atoms with Gasteiger partial charge < -0.3 is 0 Å². The van der Waals surface area contributed by atoms with Crippen LogP contribution in [0.15, 0.2) is 52.2 Å². The lowest BCUT2D eigenvalue weighted by atomic mass is 10.1. The Kier molecular flexibility index (Phi) is 3.80. The number of benzene rings is 1. The SMILES string of the molecule is CCc1nc(Sc2ncnc3scc(-c4ccccc4)c23)n[nH]1. The first-order valence-corrected chi connectivity index (χ1v) is 8.91. The molecular weight excluding hydrogens is 326 g/mol. The molecule has 4 aromatic rings. The van der Waals surface area contributed by atoms with Crippen LogP contribution >= 0.6 is 23.1 Å². The van der Waals surface area contributed by atoms with E-state index in [4.69, 9.17) is 0 Å². The van der Waals surface area contributed by atoms with Crippen LogP contribution in [0.1, 0.15) is 12.7 Å². The topological polar surface area (TPSA) is 67.3 Å². The molecular formula is C16H13N5S2. The minimum atomic E-state index is 0.687. The molecule has 23 heavy (non-hydrogen) atoms. The Labute approximate surface area is 141 Å². The van der Waals surface area contributed by atoms with Crippen LogP contribution in [0, 0.1) is 0 Å². The van der Waals surface area contributed by atoms with Crippen molar-refractivity contribution in [3.05, 3.63) is 47.9 Å². The van der Waals surface area contributed by atoms with Crippen molar-refractivity contribution in [3.8, 4) is 11.1 Å². The van der Waals surface area contributed by atoms with Crippen LogP contribution in [0.25, 0.3) is 21.3 Å². The lowest BCUT2D eigenvalue weighted by Gasteiger charge is -2.03. The summed E-state index contributed by atoms with van der Waals surface area (Å²) in [5.74, 6) is 0.881. The minimum absolute atomic E-state index is 0.687. The molecule has 0 aliphatic rings. The zero-order chi connectivity index (χ0) is 15.6. The minimum Gasteiger partial charge on any atom is -0.262 e. The maximum Gasteiger partial charge on any atom is 0.214 e. The third kappa shape index (κ3) is 2.73. The number of rotatable bonds is 4. The predicted octanol–water partition coefficient (Wildman–Crippen LogP) is 4.19. The normalized spacial score (nSPS) is 11.2. The van der Waals surface area contributed by atoms with Crippen molar-refractivity contribution < 1.29 is 0 Å². The maximum atomic E-state index is 4.46. The van der Waals surface area contributed by atoms with E-state index < -0.39 is 0 Å². The van der Waals surface area contributed by atoms with Gasteiger partial charge in [0.05, 0.1) is 5.39 Å². The molecule has 1 aromatic carbocycles. The van der Waals surface area contributed by atoms with Crippen LogP contribution < -0.4 is 0 Å². The van der Waals surface area contributed by atoms with Gasteiger partial charge in [0.1, 0.15) is 22.0 Å². The van der Waals surface area contributed by atoms with Crippen molar-refractivity contribution in [1.29, 1.82) is 0 Å². The highest BCUT2D eigenvalue weighted by molar-refractivity contribution is 7.99. The molecule has 4 rings (SSSR count). The van der Waals surface area contributed by atoms with Gasteiger partial charge in [0, 0.05) is 17.4 Å². The van der Waals surface area contributed by atoms with E-state index in [1.807, 2.05) is 25.1 Å². The largest absolute Gasteiger partial charge is 0.262 e. The van der Waals surface area contributed by atoms with E-state index in [9.17, 15) is 0 Å². The van der Waals surface area contributed by atoms with Gasteiger partial charge >= 0.3 is 0 Å². The zero-order valence-corrected chi connectivity index (χ0v) is 14.0. The van der Waals surface area contributed by atoms with E-state index in [2.05, 4.69) is 42.7 Å². The van der Waals surface area contributed by atoms with E-state index >= 15 is 0 Å². The summed E-state index contributed by atoms with van der Waals surface area (Å²) in [7, 11) is 0. The average Bonchev–Trinajstić information content (AvgIpc) is 3.23. The van der Waals surface area contributed by atoms with Crippen LogP contribution in [-0.2, 0) is 6.42 Å². The highest BCUT2D eigenvalue weighted by Gasteiger charge is 2.15. The van der Waals surface area contributed by atoms with Crippen LogP contribution in [0.5, 0.6) is 0 Å². The van der Waals surface area contributed by atoms with E-state index in [0.717, 1.165) is 33.1 Å². The molecule has 0 bridgehead atoms. The predicted molar refractivity (Wildman–Crippen MR) is 92.7 cm³/mol. The summed E-state index contributed by atoms with van der Waals surface area (Å²) in [4.78, 5) is 14.3. The second kappa shape index (κ2) is 6.10. The molecule has 7 heteroatoms. The van der Waals surface area contributed by atoms with Gasteiger partial charge in [-0.3, -0.25) is 5.10 Å². The fourth-order valence-electron chi connectivity index (χ4n) is 2.32. The van der Waals surface area contributed by atoms with Crippen LogP contribution in [0.3, 0.4) is 0 Å². The van der Waals surface area contributed by atoms with E-state index in [-0.39, 0.29) is 0 Å². The van der Waals surface area contributed by atoms with Crippen molar-refractivity contribution in [2.75, 3.05) is 0 Å². The number of aromatic amines is 1. The number of H-pyrrole nitrogens is 1. The van der Waals surface area contributed by atoms with Crippen LogP contribution in [0.2, 0.25) is 0 Å². The molecule has 0 fully saturated rings. The summed E-state index contributed by atoms with van der Waals surface area (Å²) in [5.41, 5.74) is 2.32. The van der Waals surface area contributed by atoms with Gasteiger partial charge in [-0.1, -0.05) is 37.3 Å². The van der Waals surface area contributed by atoms with Gasteiger partial charge in [0.25, 0.3) is 0 Å². The first-order valence-electron chi connectivity index (χ1n) is 7.22. The van der Waals surface area contributed by atoms with E-state index in [1.165, 1.54) is 17.3 Å². The van der Waals surface area contributed by atoms with Crippen molar-refractivity contribution >= 4 is 33.3 Å². The highest BCUT2D eigenvalue weighted by Crippen LogP contribution is 2.39. The first-order chi connectivity index (χ1) is 11.3. The summed E-state index contributed by atoms with van der Waals surface area (Å²) < 4.78 is 0. The van der Waals surface area contributed by atoms with Crippen molar-refractivity contribution in [1.82, 2.24) is 25.1 Å². The van der Waals surface area contributed by atoms with Crippen molar-refractivity contribution in [3.63, 3.8) is 0 Å². The summed E-state index contributed by atoms with van der Waals surface area (Å²) >= 11 is 3.10. The number of hydrogen-bond acceptors (Lipinski definition) is 6. The highest BCUT2D eigenvalue weighted by atomic mass is 32.2. The Bertz CT molecular complexity index is 945. The zero-order valence-electron chi connectivity index (χ0n) is 12.4. The molecule has 0 aliphatic carbocycles. The molecule has 0 radical (unpaired) electrons. The molecule has 0 spiro atoms. The van der Waals surface area contributed by atoms with E-state index in [0.29, 0.717) is 5.16 Å². The fourth-order valence-corrected chi connectivity index (χ4v) is 4.13. The number of fused-ring (bicyclic) bond motifs is 1. The monoisotopic (exact) mass is 339 g/mol. The average molecular weight is 339 g/mol. The summed E-state index contributed by atoms with van der Waals surface area (Å²) in [5, 5.41) is 12.0. The Morgan fingerprint density at radius 3 is 2.83 bits per heavy atom. The number of aromatic nitrogens is 5. The Balaban J connectivity index is 1.82. The Morgan fingerprint density at radius 2 is 2.04 bits per heavy atom. The van der Waals surface area contributed by atoms with Crippen molar-refractivity contribution in [2.24, 2.45) is 0 Å². The smallest absolute Gasteiger partial charge is 0.214 e. The van der Waals surface area contributed by atoms with Crippen molar-refractivity contribution in [2.45, 2.75) is 23.5 Å².